The van der Waals surface area contributed by atoms with Crippen molar-refractivity contribution >= 4 is 11.6 Å². The minimum atomic E-state index is -0.253. The highest BCUT2D eigenvalue weighted by atomic mass is 16.5. The van der Waals surface area contributed by atoms with E-state index in [0.29, 0.717) is 19.7 Å². The summed E-state index contributed by atoms with van der Waals surface area (Å²) >= 11 is 0. The molecule has 4 nitrogen and oxygen atoms in total. The number of nitrogens with one attached hydrogen (secondary N) is 1. The lowest BCUT2D eigenvalue weighted by Gasteiger charge is -2.38. The number of nitrogens with zero attached hydrogens (tertiary/aromatic N) is 1. The fourth-order valence-electron chi connectivity index (χ4n) is 2.37. The minimum absolute atomic E-state index is 0.0865. The van der Waals surface area contributed by atoms with E-state index in [1.807, 2.05) is 43.0 Å². The van der Waals surface area contributed by atoms with Gasteiger partial charge in [0, 0.05) is 30.9 Å². The van der Waals surface area contributed by atoms with Gasteiger partial charge in [0.2, 0.25) is 0 Å². The molecule has 1 fully saturated rings. The molecule has 2 rings (SSSR count). The molecule has 1 aromatic carbocycles. The predicted octanol–water partition coefficient (Wildman–Crippen LogP) is 2.76. The van der Waals surface area contributed by atoms with Crippen LogP contribution in [0.25, 0.3) is 0 Å². The van der Waals surface area contributed by atoms with Crippen LogP contribution in [-0.2, 0) is 4.74 Å². The highest BCUT2D eigenvalue weighted by Crippen LogP contribution is 2.19. The molecule has 0 radical (unpaired) electrons. The van der Waals surface area contributed by atoms with E-state index in [1.54, 1.807) is 0 Å². The van der Waals surface area contributed by atoms with Crippen LogP contribution in [0.2, 0.25) is 0 Å². The van der Waals surface area contributed by atoms with Gasteiger partial charge in [0.15, 0.2) is 0 Å². The average molecular weight is 276 g/mol. The van der Waals surface area contributed by atoms with Gasteiger partial charge in [0.25, 0.3) is 5.91 Å². The van der Waals surface area contributed by atoms with Gasteiger partial charge in [-0.3, -0.25) is 4.79 Å². The smallest absolute Gasteiger partial charge is 0.254 e. The van der Waals surface area contributed by atoms with Gasteiger partial charge in [-0.1, -0.05) is 6.92 Å². The molecule has 0 aliphatic carbocycles. The predicted molar refractivity (Wildman–Crippen MR) is 81.2 cm³/mol. The van der Waals surface area contributed by atoms with E-state index in [2.05, 4.69) is 12.2 Å². The molecule has 0 unspecified atom stereocenters. The van der Waals surface area contributed by atoms with Crippen LogP contribution in [0, 0.1) is 0 Å². The molecule has 0 spiro atoms. The van der Waals surface area contributed by atoms with Gasteiger partial charge in [-0.2, -0.15) is 0 Å². The van der Waals surface area contributed by atoms with E-state index in [0.717, 1.165) is 24.2 Å². The maximum atomic E-state index is 12.5. The van der Waals surface area contributed by atoms with Crippen molar-refractivity contribution in [3.05, 3.63) is 29.8 Å². The van der Waals surface area contributed by atoms with Crippen molar-refractivity contribution in [3.63, 3.8) is 0 Å². The lowest BCUT2D eigenvalue weighted by atomic mass is 10.1. The molecular formula is C16H24N2O2. The maximum absolute atomic E-state index is 12.5. The number of morpholine rings is 1. The molecule has 0 saturated carbocycles. The molecule has 4 heteroatoms. The Morgan fingerprint density at radius 1 is 1.35 bits per heavy atom. The normalized spacial score (nSPS) is 17.9. The molecule has 1 N–H and O–H groups in total. The SMILES string of the molecule is CCCNc1ccc(C(=O)N2CCOC(C)(C)C2)cc1. The summed E-state index contributed by atoms with van der Waals surface area (Å²) in [5.74, 6) is 0.0865. The van der Waals surface area contributed by atoms with Crippen molar-refractivity contribution in [1.82, 2.24) is 4.90 Å². The molecule has 0 bridgehead atoms. The molecule has 0 aromatic heterocycles. The number of carbonyl (C=O) groups is 1. The number of anilines is 1. The second-order valence-corrected chi connectivity index (χ2v) is 5.84. The zero-order valence-electron chi connectivity index (χ0n) is 12.6. The molecular weight excluding hydrogens is 252 g/mol. The first-order chi connectivity index (χ1) is 9.52. The molecule has 1 heterocycles. The molecule has 1 aliphatic heterocycles. The number of ether oxygens (including phenoxy) is 1. The van der Waals surface area contributed by atoms with Crippen molar-refractivity contribution in [3.8, 4) is 0 Å². The standard InChI is InChI=1S/C16H24N2O2/c1-4-9-17-14-7-5-13(6-8-14)15(19)18-10-11-20-16(2,3)12-18/h5-8,17H,4,9-12H2,1-3H3. The van der Waals surface area contributed by atoms with Crippen LogP contribution < -0.4 is 5.32 Å². The van der Waals surface area contributed by atoms with Gasteiger partial charge in [-0.05, 0) is 44.5 Å². The summed E-state index contributed by atoms with van der Waals surface area (Å²) in [5, 5.41) is 3.31. The van der Waals surface area contributed by atoms with Crippen molar-refractivity contribution < 1.29 is 9.53 Å². The first-order valence-corrected chi connectivity index (χ1v) is 7.29. The van der Waals surface area contributed by atoms with Crippen molar-refractivity contribution in [2.24, 2.45) is 0 Å². The number of hydrogen-bond donors (Lipinski definition) is 1. The summed E-state index contributed by atoms with van der Waals surface area (Å²) in [6.07, 6.45) is 1.09. The van der Waals surface area contributed by atoms with Crippen LogP contribution in [0.1, 0.15) is 37.6 Å². The first kappa shape index (κ1) is 14.9. The summed E-state index contributed by atoms with van der Waals surface area (Å²) in [6, 6.07) is 7.72. The Bertz CT molecular complexity index is 454. The van der Waals surface area contributed by atoms with Gasteiger partial charge in [0.05, 0.1) is 12.2 Å². The quantitative estimate of drug-likeness (QED) is 0.919. The zero-order valence-corrected chi connectivity index (χ0v) is 12.6. The third kappa shape index (κ3) is 3.73. The fraction of sp³-hybridized carbons (Fsp3) is 0.562. The van der Waals surface area contributed by atoms with Gasteiger partial charge < -0.3 is 15.0 Å². The van der Waals surface area contributed by atoms with E-state index in [9.17, 15) is 4.79 Å². The lowest BCUT2D eigenvalue weighted by molar-refractivity contribution is -0.0764. The van der Waals surface area contributed by atoms with Crippen LogP contribution in [0.3, 0.4) is 0 Å². The Balaban J connectivity index is 2.01. The van der Waals surface area contributed by atoms with Gasteiger partial charge >= 0.3 is 0 Å². The Hall–Kier alpha value is -1.55. The van der Waals surface area contributed by atoms with Crippen LogP contribution in [0.5, 0.6) is 0 Å². The largest absolute Gasteiger partial charge is 0.385 e. The van der Waals surface area contributed by atoms with Gasteiger partial charge in [0.1, 0.15) is 0 Å². The Morgan fingerprint density at radius 2 is 2.05 bits per heavy atom. The fourth-order valence-corrected chi connectivity index (χ4v) is 2.37. The van der Waals surface area contributed by atoms with Crippen LogP contribution in [0.15, 0.2) is 24.3 Å². The second kappa shape index (κ2) is 6.27. The van der Waals surface area contributed by atoms with E-state index in [4.69, 9.17) is 4.74 Å². The van der Waals surface area contributed by atoms with E-state index < -0.39 is 0 Å². The molecule has 20 heavy (non-hydrogen) atoms. The molecule has 1 aromatic rings. The molecule has 1 saturated heterocycles. The Labute approximate surface area is 121 Å². The topological polar surface area (TPSA) is 41.6 Å². The van der Waals surface area contributed by atoms with Crippen molar-refractivity contribution in [2.75, 3.05) is 31.6 Å². The van der Waals surface area contributed by atoms with Crippen LogP contribution in [-0.4, -0.2) is 42.6 Å². The maximum Gasteiger partial charge on any atom is 0.254 e. The number of hydrogen-bond acceptors (Lipinski definition) is 3. The van der Waals surface area contributed by atoms with Crippen molar-refractivity contribution in [1.29, 1.82) is 0 Å². The van der Waals surface area contributed by atoms with Crippen LogP contribution >= 0.6 is 0 Å². The van der Waals surface area contributed by atoms with Gasteiger partial charge in [-0.25, -0.2) is 0 Å². The van der Waals surface area contributed by atoms with Gasteiger partial charge in [-0.15, -0.1) is 0 Å². The number of amides is 1. The molecule has 1 aliphatic rings. The summed E-state index contributed by atoms with van der Waals surface area (Å²) in [4.78, 5) is 14.3. The Kier molecular flexibility index (Phi) is 4.65. The molecule has 1 amide bonds. The monoisotopic (exact) mass is 276 g/mol. The average Bonchev–Trinajstić information content (AvgIpc) is 2.44. The van der Waals surface area contributed by atoms with Crippen molar-refractivity contribution in [2.45, 2.75) is 32.8 Å². The second-order valence-electron chi connectivity index (χ2n) is 5.84. The number of carbonyl (C=O) groups excluding carboxylic acids is 1. The lowest BCUT2D eigenvalue weighted by Crippen LogP contribution is -2.50. The molecule has 110 valence electrons. The highest BCUT2D eigenvalue weighted by Gasteiger charge is 2.30. The van der Waals surface area contributed by atoms with E-state index in [-0.39, 0.29) is 11.5 Å². The molecule has 0 atom stereocenters. The highest BCUT2D eigenvalue weighted by molar-refractivity contribution is 5.94. The Morgan fingerprint density at radius 3 is 2.65 bits per heavy atom. The minimum Gasteiger partial charge on any atom is -0.385 e. The number of rotatable bonds is 4. The summed E-state index contributed by atoms with van der Waals surface area (Å²) in [5.41, 5.74) is 1.55. The third-order valence-electron chi connectivity index (χ3n) is 3.42. The first-order valence-electron chi connectivity index (χ1n) is 7.29. The van der Waals surface area contributed by atoms with E-state index in [1.165, 1.54) is 0 Å². The summed E-state index contributed by atoms with van der Waals surface area (Å²) < 4.78 is 5.64. The number of benzene rings is 1. The summed E-state index contributed by atoms with van der Waals surface area (Å²) in [7, 11) is 0. The third-order valence-corrected chi connectivity index (χ3v) is 3.42. The zero-order chi connectivity index (χ0) is 14.6. The van der Waals surface area contributed by atoms with Crippen LogP contribution in [0.4, 0.5) is 5.69 Å². The summed E-state index contributed by atoms with van der Waals surface area (Å²) in [6.45, 7) is 9.03. The van der Waals surface area contributed by atoms with E-state index >= 15 is 0 Å².